The van der Waals surface area contributed by atoms with Crippen LogP contribution in [0, 0.1) is 23.7 Å². The number of benzene rings is 2. The summed E-state index contributed by atoms with van der Waals surface area (Å²) >= 11 is 0. The average Bonchev–Trinajstić information content (AvgIpc) is 1.68. The van der Waals surface area contributed by atoms with E-state index in [2.05, 4.69) is 52.8 Å². The molecule has 0 aliphatic rings. The smallest absolute Gasteiger partial charge is 0.305 e. The third kappa shape index (κ3) is 36.4. The Morgan fingerprint density at radius 3 is 1.21 bits per heavy atom. The number of carboxylic acid groups (broad SMARTS) is 3. The van der Waals surface area contributed by atoms with Gasteiger partial charge in [0.15, 0.2) is 0 Å². The Labute approximate surface area is 601 Å². The first-order valence-corrected chi connectivity index (χ1v) is 36.5. The Kier molecular flexibility index (Phi) is 41.0. The van der Waals surface area contributed by atoms with Gasteiger partial charge in [-0.3, -0.25) is 57.5 Å². The minimum absolute atomic E-state index is 0.0462. The summed E-state index contributed by atoms with van der Waals surface area (Å²) in [5, 5.41) is 55.7. The molecule has 3 rings (SSSR count). The van der Waals surface area contributed by atoms with Gasteiger partial charge in [0.2, 0.25) is 53.2 Å². The van der Waals surface area contributed by atoms with E-state index in [0.29, 0.717) is 57.9 Å². The van der Waals surface area contributed by atoms with E-state index in [0.717, 1.165) is 22.0 Å². The Hall–Kier alpha value is -8.50. The summed E-state index contributed by atoms with van der Waals surface area (Å²) in [5.74, 6) is -8.23. The SMILES string of the molecule is CC[C@H](C)[C@H](CC(=O)N[C@H](CC(=O)N[C@@H](CCC(=O)O)CC(=O)N[C@@H](CC(=O)N[C@H](CC(=O)N[C@@H](CCCN)CC(=O)N[C@@H](CC(=O)N[C@H](CC(=O)N[C@@H](CCC(=O)O)CC(=O)O)Cc1ccccc1)[C@@H](C)CC)Cc1c[nH]c2ccccc12)[C@@H](C)CC)CC(C)C)NC(=O)C[C@@H](N)CCCN. The minimum Gasteiger partial charge on any atom is -0.481 e. The number of aromatic nitrogens is 1. The molecule has 0 aliphatic heterocycles. The molecule has 0 radical (unpaired) electrons. The fourth-order valence-corrected chi connectivity index (χ4v) is 12.4. The van der Waals surface area contributed by atoms with E-state index in [1.165, 1.54) is 0 Å². The Morgan fingerprint density at radius 2 is 0.765 bits per heavy atom. The lowest BCUT2D eigenvalue weighted by molar-refractivity contribution is -0.140. The summed E-state index contributed by atoms with van der Waals surface area (Å²) in [6.45, 7) is 16.0. The molecule has 28 nitrogen and oxygen atoms in total. The maximum Gasteiger partial charge on any atom is 0.305 e. The van der Waals surface area contributed by atoms with Gasteiger partial charge in [-0.05, 0) is 112 Å². The number of hydrogen-bond donors (Lipinski definition) is 16. The number of amides is 9. The summed E-state index contributed by atoms with van der Waals surface area (Å²) in [7, 11) is 0. The van der Waals surface area contributed by atoms with Gasteiger partial charge in [-0.15, -0.1) is 0 Å². The Bertz CT molecular complexity index is 3130. The maximum atomic E-state index is 14.4. The number of carbonyl (C=O) groups excluding carboxylic acids is 9. The number of nitrogens with two attached hydrogens (primary N) is 3. The summed E-state index contributed by atoms with van der Waals surface area (Å²) < 4.78 is 0. The summed E-state index contributed by atoms with van der Waals surface area (Å²) in [5.41, 5.74) is 20.2. The number of aromatic amines is 1. The molecule has 0 saturated heterocycles. The van der Waals surface area contributed by atoms with E-state index in [4.69, 9.17) is 17.2 Å². The van der Waals surface area contributed by atoms with E-state index < -0.39 is 120 Å². The lowest BCUT2D eigenvalue weighted by atomic mass is 9.94. The third-order valence-electron chi connectivity index (χ3n) is 18.6. The van der Waals surface area contributed by atoms with Crippen molar-refractivity contribution < 1.29 is 72.9 Å². The summed E-state index contributed by atoms with van der Waals surface area (Å²) in [4.78, 5) is 163. The van der Waals surface area contributed by atoms with E-state index in [-0.39, 0.29) is 144 Å². The topological polar surface area (TPSA) is 468 Å². The molecule has 0 saturated carbocycles. The molecule has 0 unspecified atom stereocenters. The highest BCUT2D eigenvalue weighted by molar-refractivity contribution is 5.87. The predicted octanol–water partition coefficient (Wildman–Crippen LogP) is 5.02. The lowest BCUT2D eigenvalue weighted by Gasteiger charge is -2.28. The van der Waals surface area contributed by atoms with Crippen molar-refractivity contribution in [3.63, 3.8) is 0 Å². The van der Waals surface area contributed by atoms with Crippen LogP contribution in [-0.2, 0) is 70.4 Å². The summed E-state index contributed by atoms with van der Waals surface area (Å²) in [6, 6.07) is 9.42. The largest absolute Gasteiger partial charge is 0.481 e. The quantitative estimate of drug-likeness (QED) is 0.0353. The molecule has 1 heterocycles. The first-order chi connectivity index (χ1) is 48.4. The van der Waals surface area contributed by atoms with Crippen LogP contribution in [0.5, 0.6) is 0 Å². The zero-order valence-electron chi connectivity index (χ0n) is 61.2. The summed E-state index contributed by atoms with van der Waals surface area (Å²) in [6.07, 6.45) is 3.38. The van der Waals surface area contributed by atoms with Crippen LogP contribution >= 0.6 is 0 Å². The van der Waals surface area contributed by atoms with Gasteiger partial charge < -0.3 is 85.4 Å². The van der Waals surface area contributed by atoms with Crippen LogP contribution in [0.2, 0.25) is 0 Å². The van der Waals surface area contributed by atoms with Gasteiger partial charge in [-0.2, -0.15) is 0 Å². The molecule has 0 aliphatic carbocycles. The van der Waals surface area contributed by atoms with Crippen LogP contribution in [0.1, 0.15) is 208 Å². The van der Waals surface area contributed by atoms with Gasteiger partial charge >= 0.3 is 17.9 Å². The van der Waals surface area contributed by atoms with E-state index in [1.54, 1.807) is 18.3 Å². The van der Waals surface area contributed by atoms with Crippen LogP contribution in [0.3, 0.4) is 0 Å². The number of fused-ring (bicyclic) bond motifs is 1. The number of H-pyrrole nitrogens is 1. The number of aliphatic carboxylic acids is 3. The highest BCUT2D eigenvalue weighted by atomic mass is 16.4. The molecule has 570 valence electrons. The molecule has 102 heavy (non-hydrogen) atoms. The molecule has 0 fully saturated rings. The van der Waals surface area contributed by atoms with Gasteiger partial charge in [-0.25, -0.2) is 0 Å². The molecule has 0 bridgehead atoms. The highest BCUT2D eigenvalue weighted by Gasteiger charge is 2.32. The van der Waals surface area contributed by atoms with Crippen molar-refractivity contribution in [2.75, 3.05) is 13.1 Å². The number of carbonyl (C=O) groups is 12. The van der Waals surface area contributed by atoms with E-state index >= 15 is 0 Å². The van der Waals surface area contributed by atoms with Crippen molar-refractivity contribution in [3.8, 4) is 0 Å². The number of carboxylic acids is 3. The van der Waals surface area contributed by atoms with Crippen molar-refractivity contribution in [2.45, 2.75) is 270 Å². The Balaban J connectivity index is 1.80. The predicted molar refractivity (Wildman–Crippen MR) is 389 cm³/mol. The molecule has 28 heteroatoms. The fraction of sp³-hybridized carbons (Fsp3) is 0.649. The molecule has 13 atom stereocenters. The second-order valence-corrected chi connectivity index (χ2v) is 28.1. The number of rotatable bonds is 53. The zero-order chi connectivity index (χ0) is 75.8. The first kappa shape index (κ1) is 87.7. The van der Waals surface area contributed by atoms with Crippen molar-refractivity contribution >= 4 is 82.0 Å². The van der Waals surface area contributed by atoms with Gasteiger partial charge in [0, 0.05) is 148 Å². The standard InChI is InChI=1S/C74H119N13O15/c1-9-46(6)60(85-63(88)34-51(77)21-17-29-75)41-69(94)82-55(31-45(4)5)37-64(89)80-53(25-27-72(97)98)36-68(93)87-62(48(8)11-3)43-71(96)84-57(33-50-44-78-59-24-16-15-23-58(50)59)39-66(91)79-52(22-18-30-76)35-67(92)86-61(47(7)10-2)42-70(95)83-56(32-49-19-13-12-14-20-49)38-65(90)81-54(40-74(101)102)26-28-73(99)100/h12-16,19-20,23-24,44-48,51-57,60-62,78H,9-11,17-18,21-22,25-43,75-77H2,1-8H3,(H,79,91)(H,80,89)(H,81,90)(H,82,94)(H,83,95)(H,84,96)(H,85,88)(H,86,92)(H,87,93)(H,97,98)(H,99,100)(H,101,102)/t46-,47-,48-,51-,52-,53-,54-,55-,56-,57-,60-,61-,62-/m0/s1. The van der Waals surface area contributed by atoms with E-state index in [9.17, 15) is 72.9 Å². The fourth-order valence-electron chi connectivity index (χ4n) is 12.4. The molecular weight excluding hydrogens is 1310 g/mol. The van der Waals surface area contributed by atoms with Crippen molar-refractivity contribution in [1.82, 2.24) is 52.8 Å². The number of nitrogens with one attached hydrogen (secondary N) is 10. The van der Waals surface area contributed by atoms with Crippen LogP contribution in [0.25, 0.3) is 10.9 Å². The molecule has 1 aromatic heterocycles. The van der Waals surface area contributed by atoms with Crippen molar-refractivity contribution in [2.24, 2.45) is 40.9 Å². The molecular formula is C74H119N13O15. The highest BCUT2D eigenvalue weighted by Crippen LogP contribution is 2.23. The second-order valence-electron chi connectivity index (χ2n) is 28.1. The molecule has 0 spiro atoms. The molecule has 2 aromatic carbocycles. The van der Waals surface area contributed by atoms with Crippen molar-refractivity contribution in [3.05, 3.63) is 71.9 Å². The average molecular weight is 1430 g/mol. The second kappa shape index (κ2) is 47.6. The number of para-hydroxylation sites is 1. The van der Waals surface area contributed by atoms with Gasteiger partial charge in [0.05, 0.1) is 6.42 Å². The minimum atomic E-state index is -1.22. The number of hydrogen-bond acceptors (Lipinski definition) is 15. The van der Waals surface area contributed by atoms with Crippen LogP contribution in [0.4, 0.5) is 0 Å². The third-order valence-corrected chi connectivity index (χ3v) is 18.6. The first-order valence-electron chi connectivity index (χ1n) is 36.5. The van der Waals surface area contributed by atoms with Gasteiger partial charge in [-0.1, -0.05) is 123 Å². The normalized spacial score (nSPS) is 15.2. The maximum absolute atomic E-state index is 14.4. The van der Waals surface area contributed by atoms with Crippen molar-refractivity contribution in [1.29, 1.82) is 0 Å². The van der Waals surface area contributed by atoms with Crippen LogP contribution in [0.15, 0.2) is 60.8 Å². The zero-order valence-corrected chi connectivity index (χ0v) is 61.2. The van der Waals surface area contributed by atoms with Crippen LogP contribution < -0.4 is 65.1 Å². The van der Waals surface area contributed by atoms with Crippen LogP contribution in [-0.4, -0.2) is 165 Å². The van der Waals surface area contributed by atoms with Gasteiger partial charge in [0.25, 0.3) is 0 Å². The lowest BCUT2D eigenvalue weighted by Crippen LogP contribution is -2.49. The molecule has 19 N–H and O–H groups in total. The molecule has 9 amide bonds. The van der Waals surface area contributed by atoms with Gasteiger partial charge in [0.1, 0.15) is 0 Å². The Morgan fingerprint density at radius 1 is 0.402 bits per heavy atom. The molecule has 3 aromatic rings. The monoisotopic (exact) mass is 1430 g/mol. The van der Waals surface area contributed by atoms with E-state index in [1.807, 2.05) is 97.9 Å².